The van der Waals surface area contributed by atoms with Crippen LogP contribution in [-0.4, -0.2) is 22.0 Å². The van der Waals surface area contributed by atoms with Gasteiger partial charge in [-0.2, -0.15) is 0 Å². The van der Waals surface area contributed by atoms with Crippen LogP contribution in [0.3, 0.4) is 0 Å². The van der Waals surface area contributed by atoms with Crippen molar-refractivity contribution in [2.24, 2.45) is 5.41 Å². The van der Waals surface area contributed by atoms with Crippen LogP contribution in [0.4, 0.5) is 11.7 Å². The molecule has 2 N–H and O–H groups in total. The molecule has 0 radical (unpaired) electrons. The van der Waals surface area contributed by atoms with Crippen molar-refractivity contribution in [3.63, 3.8) is 0 Å². The largest absolute Gasteiger partial charge is 0.403 e. The molecule has 0 aliphatic carbocycles. The number of aromatic nitrogens is 2. The number of carbonyl (C=O) groups excluding carboxylic acids is 2. The van der Waals surface area contributed by atoms with E-state index < -0.39 is 5.41 Å². The molecule has 7 heteroatoms. The average Bonchev–Trinajstić information content (AvgIpc) is 3.10. The van der Waals surface area contributed by atoms with Gasteiger partial charge >= 0.3 is 6.01 Å². The Kier molecular flexibility index (Phi) is 5.03. The molecular weight excluding hydrogens is 344 g/mol. The Bertz CT molecular complexity index is 941. The van der Waals surface area contributed by atoms with Gasteiger partial charge in [0, 0.05) is 22.2 Å². The quantitative estimate of drug-likeness (QED) is 0.730. The second-order valence-electron chi connectivity index (χ2n) is 7.01. The summed E-state index contributed by atoms with van der Waals surface area (Å²) in [7, 11) is 0. The lowest BCUT2D eigenvalue weighted by Gasteiger charge is -2.17. The van der Waals surface area contributed by atoms with Crippen LogP contribution in [0.5, 0.6) is 0 Å². The van der Waals surface area contributed by atoms with Crippen molar-refractivity contribution in [3.05, 3.63) is 60.2 Å². The number of rotatable bonds is 4. The molecule has 0 saturated carbocycles. The highest BCUT2D eigenvalue weighted by Gasteiger charge is 2.21. The standard InChI is InChI=1S/C20H20N4O3/c1-20(2,3)18(26)21-15-11-9-13(10-12-15)16(25)22-19-24-23-17(27-19)14-7-5-4-6-8-14/h4-12H,1-3H3,(H,21,26)(H,22,24,25). The van der Waals surface area contributed by atoms with Gasteiger partial charge in [-0.1, -0.05) is 44.1 Å². The molecule has 27 heavy (non-hydrogen) atoms. The molecule has 0 aliphatic heterocycles. The van der Waals surface area contributed by atoms with Gasteiger partial charge in [0.2, 0.25) is 11.8 Å². The predicted octanol–water partition coefficient (Wildman–Crippen LogP) is 3.97. The summed E-state index contributed by atoms with van der Waals surface area (Å²) in [6.45, 7) is 5.49. The van der Waals surface area contributed by atoms with E-state index in [9.17, 15) is 9.59 Å². The molecule has 0 bridgehead atoms. The molecule has 3 aromatic rings. The number of amides is 2. The first-order valence-corrected chi connectivity index (χ1v) is 8.45. The summed E-state index contributed by atoms with van der Waals surface area (Å²) in [4.78, 5) is 24.3. The monoisotopic (exact) mass is 364 g/mol. The highest BCUT2D eigenvalue weighted by Crippen LogP contribution is 2.20. The SMILES string of the molecule is CC(C)(C)C(=O)Nc1ccc(C(=O)Nc2nnc(-c3ccccc3)o2)cc1. The van der Waals surface area contributed by atoms with Crippen molar-refractivity contribution in [2.45, 2.75) is 20.8 Å². The van der Waals surface area contributed by atoms with Crippen molar-refractivity contribution in [1.82, 2.24) is 10.2 Å². The van der Waals surface area contributed by atoms with Gasteiger partial charge in [-0.25, -0.2) is 0 Å². The van der Waals surface area contributed by atoms with Crippen molar-refractivity contribution < 1.29 is 14.0 Å². The second kappa shape index (κ2) is 7.41. The van der Waals surface area contributed by atoms with Crippen molar-refractivity contribution in [1.29, 1.82) is 0 Å². The number of benzene rings is 2. The zero-order valence-corrected chi connectivity index (χ0v) is 15.3. The Labute approximate surface area is 156 Å². The third-order valence-electron chi connectivity index (χ3n) is 3.75. The first-order chi connectivity index (χ1) is 12.8. The van der Waals surface area contributed by atoms with E-state index in [1.54, 1.807) is 24.3 Å². The van der Waals surface area contributed by atoms with Crippen molar-refractivity contribution in [3.8, 4) is 11.5 Å². The van der Waals surface area contributed by atoms with E-state index in [0.29, 0.717) is 17.1 Å². The molecular formula is C20H20N4O3. The van der Waals surface area contributed by atoms with E-state index in [1.807, 2.05) is 51.1 Å². The zero-order chi connectivity index (χ0) is 19.4. The van der Waals surface area contributed by atoms with E-state index in [2.05, 4.69) is 20.8 Å². The van der Waals surface area contributed by atoms with Crippen LogP contribution in [0.2, 0.25) is 0 Å². The van der Waals surface area contributed by atoms with Gasteiger partial charge in [-0.3, -0.25) is 14.9 Å². The number of nitrogens with zero attached hydrogens (tertiary/aromatic N) is 2. The second-order valence-corrected chi connectivity index (χ2v) is 7.01. The molecule has 1 heterocycles. The fraction of sp³-hybridized carbons (Fsp3) is 0.200. The van der Waals surface area contributed by atoms with Crippen molar-refractivity contribution in [2.75, 3.05) is 10.6 Å². The maximum atomic E-state index is 12.3. The first-order valence-electron chi connectivity index (χ1n) is 8.45. The molecule has 0 saturated heterocycles. The van der Waals surface area contributed by atoms with Crippen LogP contribution in [0.1, 0.15) is 31.1 Å². The molecule has 0 unspecified atom stereocenters. The fourth-order valence-electron chi connectivity index (χ4n) is 2.16. The fourth-order valence-corrected chi connectivity index (χ4v) is 2.16. The maximum absolute atomic E-state index is 12.3. The number of hydrogen-bond donors (Lipinski definition) is 2. The Hall–Kier alpha value is -3.48. The molecule has 0 spiro atoms. The van der Waals surface area contributed by atoms with E-state index in [1.165, 1.54) is 0 Å². The maximum Gasteiger partial charge on any atom is 0.322 e. The summed E-state index contributed by atoms with van der Waals surface area (Å²) < 4.78 is 5.46. The lowest BCUT2D eigenvalue weighted by molar-refractivity contribution is -0.123. The van der Waals surface area contributed by atoms with Crippen LogP contribution in [0.15, 0.2) is 59.0 Å². The average molecular weight is 364 g/mol. The Balaban J connectivity index is 1.65. The number of anilines is 2. The van der Waals surface area contributed by atoms with Gasteiger partial charge in [0.1, 0.15) is 0 Å². The molecule has 0 atom stereocenters. The number of carbonyl (C=O) groups is 2. The lowest BCUT2D eigenvalue weighted by Crippen LogP contribution is -2.27. The van der Waals surface area contributed by atoms with Gasteiger partial charge in [-0.15, -0.1) is 5.10 Å². The topological polar surface area (TPSA) is 97.1 Å². The molecule has 2 amide bonds. The van der Waals surface area contributed by atoms with Crippen molar-refractivity contribution >= 4 is 23.5 Å². The van der Waals surface area contributed by atoms with Gasteiger partial charge in [0.15, 0.2) is 0 Å². The number of hydrogen-bond acceptors (Lipinski definition) is 5. The van der Waals surface area contributed by atoms with Gasteiger partial charge in [0.05, 0.1) is 0 Å². The molecule has 1 aromatic heterocycles. The zero-order valence-electron chi connectivity index (χ0n) is 15.3. The summed E-state index contributed by atoms with van der Waals surface area (Å²) in [5.41, 5.74) is 1.30. The van der Waals surface area contributed by atoms with E-state index >= 15 is 0 Å². The van der Waals surface area contributed by atoms with Gasteiger partial charge in [0.25, 0.3) is 5.91 Å². The minimum Gasteiger partial charge on any atom is -0.403 e. The summed E-state index contributed by atoms with van der Waals surface area (Å²) in [5, 5.41) is 13.1. The van der Waals surface area contributed by atoms with Gasteiger partial charge < -0.3 is 9.73 Å². The first kappa shape index (κ1) is 18.3. The summed E-state index contributed by atoms with van der Waals surface area (Å²) in [6, 6.07) is 15.9. The third-order valence-corrected chi connectivity index (χ3v) is 3.75. The Morgan fingerprint density at radius 3 is 2.19 bits per heavy atom. The Morgan fingerprint density at radius 1 is 0.889 bits per heavy atom. The van der Waals surface area contributed by atoms with Crippen LogP contribution >= 0.6 is 0 Å². The molecule has 138 valence electrons. The summed E-state index contributed by atoms with van der Waals surface area (Å²) >= 11 is 0. The predicted molar refractivity (Wildman–Crippen MR) is 102 cm³/mol. The van der Waals surface area contributed by atoms with Crippen LogP contribution in [0.25, 0.3) is 11.5 Å². The molecule has 0 fully saturated rings. The molecule has 3 rings (SSSR count). The van der Waals surface area contributed by atoms with E-state index in [4.69, 9.17) is 4.42 Å². The minimum absolute atomic E-state index is 0.0176. The highest BCUT2D eigenvalue weighted by molar-refractivity contribution is 6.03. The summed E-state index contributed by atoms with van der Waals surface area (Å²) in [5.74, 6) is -0.155. The van der Waals surface area contributed by atoms with Crippen LogP contribution in [0, 0.1) is 5.41 Å². The van der Waals surface area contributed by atoms with Crippen LogP contribution in [-0.2, 0) is 4.79 Å². The Morgan fingerprint density at radius 2 is 1.56 bits per heavy atom. The van der Waals surface area contributed by atoms with E-state index in [-0.39, 0.29) is 17.8 Å². The number of nitrogens with one attached hydrogen (secondary N) is 2. The molecule has 7 nitrogen and oxygen atoms in total. The third kappa shape index (κ3) is 4.58. The molecule has 0 aliphatic rings. The highest BCUT2D eigenvalue weighted by atomic mass is 16.4. The smallest absolute Gasteiger partial charge is 0.322 e. The van der Waals surface area contributed by atoms with Crippen LogP contribution < -0.4 is 10.6 Å². The lowest BCUT2D eigenvalue weighted by atomic mass is 9.95. The normalized spacial score (nSPS) is 11.1. The minimum atomic E-state index is -0.496. The molecule has 2 aromatic carbocycles. The summed E-state index contributed by atoms with van der Waals surface area (Å²) in [6.07, 6.45) is 0. The van der Waals surface area contributed by atoms with E-state index in [0.717, 1.165) is 5.56 Å². The van der Waals surface area contributed by atoms with Gasteiger partial charge in [-0.05, 0) is 36.4 Å².